The summed E-state index contributed by atoms with van der Waals surface area (Å²) >= 11 is 0. The van der Waals surface area contributed by atoms with Gasteiger partial charge >= 0.3 is 0 Å². The molecule has 236 valence electrons. The fourth-order valence-corrected chi connectivity index (χ4v) is 5.72. The number of ether oxygens (including phenoxy) is 2. The monoisotopic (exact) mass is 586 g/mol. The molecule has 1 fully saturated rings. The first-order chi connectivity index (χ1) is 20.8. The molecule has 1 aliphatic rings. The first kappa shape index (κ1) is 34.7. The minimum absolute atomic E-state index is 0.112. The molecular weight excluding hydrogens is 528 g/mol. The van der Waals surface area contributed by atoms with Crippen LogP contribution in [0, 0.1) is 11.3 Å². The Bertz CT molecular complexity index is 1050. The van der Waals surface area contributed by atoms with Gasteiger partial charge in [-0.2, -0.15) is 0 Å². The lowest BCUT2D eigenvalue weighted by molar-refractivity contribution is -0.113. The molecule has 0 radical (unpaired) electrons. The molecule has 1 saturated carbocycles. The number of rotatable bonds is 18. The molecule has 0 bridgehead atoms. The minimum Gasteiger partial charge on any atom is -0.494 e. The molecule has 3 nitrogen and oxygen atoms in total. The molecule has 0 aromatic heterocycles. The van der Waals surface area contributed by atoms with E-state index in [1.807, 2.05) is 24.3 Å². The molecule has 3 rings (SSSR count). The van der Waals surface area contributed by atoms with Crippen LogP contribution in [0.3, 0.4) is 0 Å². The second kappa shape index (κ2) is 18.8. The van der Waals surface area contributed by atoms with Crippen LogP contribution >= 0.6 is 0 Å². The summed E-state index contributed by atoms with van der Waals surface area (Å²) in [6.07, 6.45) is 20.9. The number of hydrogen-bond donors (Lipinski definition) is 0. The molecule has 1 aliphatic carbocycles. The van der Waals surface area contributed by atoms with E-state index >= 15 is 0 Å². The van der Waals surface area contributed by atoms with Gasteiger partial charge in [-0.05, 0) is 84.6 Å². The molecule has 0 spiro atoms. The summed E-state index contributed by atoms with van der Waals surface area (Å²) in [7, 11) is 0. The number of ketones is 1. The lowest BCUT2D eigenvalue weighted by atomic mass is 9.68. The van der Waals surface area contributed by atoms with Crippen molar-refractivity contribution >= 4 is 17.9 Å². The van der Waals surface area contributed by atoms with E-state index in [1.165, 1.54) is 64.2 Å². The van der Waals surface area contributed by atoms with Gasteiger partial charge in [-0.3, -0.25) is 4.79 Å². The Morgan fingerprint density at radius 2 is 0.977 bits per heavy atom. The van der Waals surface area contributed by atoms with Crippen molar-refractivity contribution in [3.05, 3.63) is 70.8 Å². The molecule has 0 aliphatic heterocycles. The van der Waals surface area contributed by atoms with Gasteiger partial charge in [0.25, 0.3) is 0 Å². The molecule has 2 aromatic rings. The smallest absolute Gasteiger partial charge is 0.185 e. The van der Waals surface area contributed by atoms with Gasteiger partial charge in [0.2, 0.25) is 0 Å². The van der Waals surface area contributed by atoms with Crippen molar-refractivity contribution in [3.63, 3.8) is 0 Å². The number of carbonyl (C=O) groups excluding carboxylic acids is 1. The number of hydrogen-bond acceptors (Lipinski definition) is 3. The molecular formula is C40H58O3. The third-order valence-electron chi connectivity index (χ3n) is 8.72. The Balaban J connectivity index is 1.60. The van der Waals surface area contributed by atoms with Crippen LogP contribution in [0.25, 0.3) is 12.2 Å². The molecule has 0 atom stereocenters. The summed E-state index contributed by atoms with van der Waals surface area (Å²) in [4.78, 5) is 13.7. The molecule has 2 aromatic carbocycles. The zero-order valence-electron chi connectivity index (χ0n) is 27.9. The van der Waals surface area contributed by atoms with E-state index in [2.05, 4.69) is 71.0 Å². The number of benzene rings is 2. The maximum absolute atomic E-state index is 13.7. The van der Waals surface area contributed by atoms with E-state index in [4.69, 9.17) is 9.47 Å². The lowest BCUT2D eigenvalue weighted by Gasteiger charge is -2.35. The summed E-state index contributed by atoms with van der Waals surface area (Å²) in [5.41, 5.74) is 4.02. The average Bonchev–Trinajstić information content (AvgIpc) is 2.99. The van der Waals surface area contributed by atoms with E-state index in [-0.39, 0.29) is 11.2 Å². The first-order valence-electron chi connectivity index (χ1n) is 17.2. The SMILES string of the molecule is CCCCCCCCOc1ccc(/C=C2\CC(C(C)(C)C)C/C(=C\c3ccc(OCCCCCCCC)cc3)C2=O)cc1. The van der Waals surface area contributed by atoms with Crippen molar-refractivity contribution < 1.29 is 14.3 Å². The third-order valence-corrected chi connectivity index (χ3v) is 8.72. The number of unbranched alkanes of at least 4 members (excludes halogenated alkanes) is 10. The van der Waals surface area contributed by atoms with Crippen LogP contribution in [0.5, 0.6) is 11.5 Å². The van der Waals surface area contributed by atoms with Gasteiger partial charge in [0.05, 0.1) is 13.2 Å². The van der Waals surface area contributed by atoms with E-state index < -0.39 is 0 Å². The first-order valence-corrected chi connectivity index (χ1v) is 17.2. The Hall–Kier alpha value is -2.81. The highest BCUT2D eigenvalue weighted by atomic mass is 16.5. The van der Waals surface area contributed by atoms with Gasteiger partial charge in [0, 0.05) is 11.1 Å². The van der Waals surface area contributed by atoms with Gasteiger partial charge < -0.3 is 9.47 Å². The Labute approximate surface area is 263 Å². The highest BCUT2D eigenvalue weighted by Crippen LogP contribution is 2.42. The van der Waals surface area contributed by atoms with Crippen LogP contribution in [0.15, 0.2) is 59.7 Å². The lowest BCUT2D eigenvalue weighted by Crippen LogP contribution is -2.29. The van der Waals surface area contributed by atoms with Gasteiger partial charge in [0.1, 0.15) is 11.5 Å². The van der Waals surface area contributed by atoms with Gasteiger partial charge in [-0.25, -0.2) is 0 Å². The molecule has 0 amide bonds. The second-order valence-corrected chi connectivity index (χ2v) is 13.5. The average molecular weight is 587 g/mol. The fourth-order valence-electron chi connectivity index (χ4n) is 5.72. The van der Waals surface area contributed by atoms with E-state index in [0.29, 0.717) is 5.92 Å². The summed E-state index contributed by atoms with van der Waals surface area (Å²) in [5.74, 6) is 2.38. The number of allylic oxidation sites excluding steroid dienone is 2. The summed E-state index contributed by atoms with van der Waals surface area (Å²) in [5, 5.41) is 0. The second-order valence-electron chi connectivity index (χ2n) is 13.5. The largest absolute Gasteiger partial charge is 0.494 e. The van der Waals surface area contributed by atoms with Crippen LogP contribution in [0.2, 0.25) is 0 Å². The zero-order valence-corrected chi connectivity index (χ0v) is 27.9. The molecule has 43 heavy (non-hydrogen) atoms. The van der Waals surface area contributed by atoms with Crippen LogP contribution in [-0.2, 0) is 4.79 Å². The maximum Gasteiger partial charge on any atom is 0.185 e. The molecule has 3 heteroatoms. The summed E-state index contributed by atoms with van der Waals surface area (Å²) < 4.78 is 11.9. The van der Waals surface area contributed by atoms with Crippen molar-refractivity contribution in [1.29, 1.82) is 0 Å². The minimum atomic E-state index is 0.112. The highest BCUT2D eigenvalue weighted by Gasteiger charge is 2.34. The summed E-state index contributed by atoms with van der Waals surface area (Å²) in [6, 6.07) is 16.4. The van der Waals surface area contributed by atoms with Crippen LogP contribution in [0.1, 0.15) is 136 Å². The van der Waals surface area contributed by atoms with Crippen molar-refractivity contribution in [2.45, 2.75) is 125 Å². The van der Waals surface area contributed by atoms with Crippen molar-refractivity contribution in [2.24, 2.45) is 11.3 Å². The maximum atomic E-state index is 13.7. The molecule has 0 N–H and O–H groups in total. The Kier molecular flexibility index (Phi) is 15.1. The number of carbonyl (C=O) groups is 1. The van der Waals surface area contributed by atoms with Gasteiger partial charge in [-0.15, -0.1) is 0 Å². The predicted molar refractivity (Wildman–Crippen MR) is 184 cm³/mol. The normalized spacial score (nSPS) is 17.5. The van der Waals surface area contributed by atoms with Gasteiger partial charge in [-0.1, -0.05) is 123 Å². The third kappa shape index (κ3) is 12.8. The van der Waals surface area contributed by atoms with E-state index in [0.717, 1.165) is 72.7 Å². The predicted octanol–water partition coefficient (Wildman–Crippen LogP) is 11.7. The molecule has 0 saturated heterocycles. The molecule has 0 unspecified atom stereocenters. The highest BCUT2D eigenvalue weighted by molar-refractivity contribution is 6.14. The van der Waals surface area contributed by atoms with Crippen molar-refractivity contribution in [3.8, 4) is 11.5 Å². The van der Waals surface area contributed by atoms with Crippen LogP contribution in [0.4, 0.5) is 0 Å². The van der Waals surface area contributed by atoms with Crippen LogP contribution in [-0.4, -0.2) is 19.0 Å². The van der Waals surface area contributed by atoms with Crippen molar-refractivity contribution in [1.82, 2.24) is 0 Å². The molecule has 0 heterocycles. The van der Waals surface area contributed by atoms with Crippen molar-refractivity contribution in [2.75, 3.05) is 13.2 Å². The topological polar surface area (TPSA) is 35.5 Å². The fraction of sp³-hybridized carbons (Fsp3) is 0.575. The van der Waals surface area contributed by atoms with E-state index in [9.17, 15) is 4.79 Å². The summed E-state index contributed by atoms with van der Waals surface area (Å²) in [6.45, 7) is 12.9. The zero-order chi connectivity index (χ0) is 30.9. The Morgan fingerprint density at radius 3 is 1.35 bits per heavy atom. The van der Waals surface area contributed by atoms with Gasteiger partial charge in [0.15, 0.2) is 5.78 Å². The quantitative estimate of drug-likeness (QED) is 0.129. The standard InChI is InChI=1S/C40H58O3/c1-6-8-10-12-14-16-26-42-37-22-18-32(19-23-37)28-34-30-36(40(3,4)5)31-35(39(34)41)29-33-20-24-38(25-21-33)43-27-17-15-13-11-9-7-2/h18-25,28-29,36H,6-17,26-27,30-31H2,1-5H3/b34-28+,35-29+. The van der Waals surface area contributed by atoms with Crippen LogP contribution < -0.4 is 9.47 Å². The number of Topliss-reactive ketones (excluding diaryl/α,β-unsaturated/α-hetero) is 1. The Morgan fingerprint density at radius 1 is 0.605 bits per heavy atom. The van der Waals surface area contributed by atoms with E-state index in [1.54, 1.807) is 0 Å².